The van der Waals surface area contributed by atoms with E-state index in [2.05, 4.69) is 83.2 Å². The quantitative estimate of drug-likeness (QED) is 0.0522. The number of thiol groups is 1. The maximum absolute atomic E-state index is 14.7. The number of nitrogens with two attached hydrogens (primary N) is 2. The fourth-order valence-electron chi connectivity index (χ4n) is 4.70. The van der Waals surface area contributed by atoms with Gasteiger partial charge < -0.3 is 37.1 Å². The van der Waals surface area contributed by atoms with E-state index in [0.717, 1.165) is 18.1 Å². The number of amides is 1. The highest BCUT2D eigenvalue weighted by Gasteiger charge is 2.20. The molecule has 282 valence electrons. The Bertz CT molecular complexity index is 1530. The van der Waals surface area contributed by atoms with Gasteiger partial charge in [-0.15, -0.1) is 11.8 Å². The normalized spacial score (nSPS) is 14.4. The summed E-state index contributed by atoms with van der Waals surface area (Å²) in [5, 5.41) is 10.2. The van der Waals surface area contributed by atoms with Crippen LogP contribution in [0.15, 0.2) is 59.9 Å². The van der Waals surface area contributed by atoms with Gasteiger partial charge in [0.25, 0.3) is 0 Å². The van der Waals surface area contributed by atoms with Crippen molar-refractivity contribution in [1.29, 1.82) is 0 Å². The Balaban J connectivity index is 2.19. The third kappa shape index (κ3) is 17.7. The van der Waals surface area contributed by atoms with Crippen LogP contribution in [0.3, 0.4) is 0 Å². The number of rotatable bonds is 19. The molecule has 0 bridgehead atoms. The number of ether oxygens (including phenoxy) is 1. The second-order valence-electron chi connectivity index (χ2n) is 16.1. The number of hydrogen-bond donors (Lipinski definition) is 6. The van der Waals surface area contributed by atoms with Crippen molar-refractivity contribution in [3.63, 3.8) is 0 Å². The molecule has 1 aromatic heterocycles. The molecule has 0 aliphatic heterocycles. The van der Waals surface area contributed by atoms with Gasteiger partial charge in [0.1, 0.15) is 29.4 Å². The predicted molar refractivity (Wildman–Crippen MR) is 218 cm³/mol. The molecule has 10 nitrogen and oxygen atoms in total. The minimum absolute atomic E-state index is 0.0620. The average Bonchev–Trinajstić information content (AvgIpc) is 2.94. The van der Waals surface area contributed by atoms with Gasteiger partial charge in [-0.3, -0.25) is 14.0 Å². The van der Waals surface area contributed by atoms with Crippen LogP contribution < -0.4 is 27.4 Å². The standard InChI is InChI=1S/C36H60ClFN8O2S2/c1-24(2)21-46(22-25(3)43-26(4)48-36(5,6)7)15-14-34(47)45-33-20-32(41-23-42-33)44-31(35(40)49-16-17-50(8,9,10)11)19-30(39)28-18-27(37)12-13-29(28)38/h12-13,18-20,23-25,43,50H,4,14-17,21-22,39-40H2,1-3,5-11H3,(H2,41,42,44,45,47)/b30-19-,35-31-. The molecule has 2 rings (SSSR count). The summed E-state index contributed by atoms with van der Waals surface area (Å²) in [5.74, 6) is 2.75. The number of carbonyl (C=O) groups excluding carboxylic acids is 1. The molecule has 50 heavy (non-hydrogen) atoms. The zero-order valence-electron chi connectivity index (χ0n) is 31.5. The van der Waals surface area contributed by atoms with Gasteiger partial charge in [-0.1, -0.05) is 25.4 Å². The molecule has 0 saturated carbocycles. The molecule has 1 aromatic carbocycles. The highest BCUT2D eigenvalue weighted by molar-refractivity contribution is 8.47. The minimum Gasteiger partial charge on any atom is -0.474 e. The minimum atomic E-state index is -1.77. The van der Waals surface area contributed by atoms with Gasteiger partial charge in [0.15, 0.2) is 5.88 Å². The molecule has 1 heterocycles. The molecule has 0 saturated heterocycles. The fourth-order valence-corrected chi connectivity index (χ4v) is 8.64. The van der Waals surface area contributed by atoms with E-state index < -0.39 is 15.0 Å². The predicted octanol–water partition coefficient (Wildman–Crippen LogP) is 6.68. The summed E-state index contributed by atoms with van der Waals surface area (Å²) >= 11 is 7.61. The number of allylic oxidation sites excluding steroid dienone is 1. The largest absolute Gasteiger partial charge is 0.474 e. The van der Waals surface area contributed by atoms with Gasteiger partial charge >= 0.3 is 0 Å². The summed E-state index contributed by atoms with van der Waals surface area (Å²) in [6.45, 7) is 18.4. The molecule has 0 aliphatic carbocycles. The lowest BCUT2D eigenvalue weighted by Crippen LogP contribution is -2.42. The van der Waals surface area contributed by atoms with Crippen molar-refractivity contribution in [3.8, 4) is 0 Å². The van der Waals surface area contributed by atoms with Crippen LogP contribution in [0.4, 0.5) is 16.0 Å². The SMILES string of the molecule is C=C(NC(C)CN(CCC(=O)Nc1cc(NC(/C=C(\N)c2cc(Cl)ccc2F)=C(/N)SCC[SH](C)(C)(C)C)ncn1)CC(C)C)OC(C)(C)C. The smallest absolute Gasteiger partial charge is 0.226 e. The van der Waals surface area contributed by atoms with Gasteiger partial charge in [0, 0.05) is 60.2 Å². The molecule has 0 radical (unpaired) electrons. The Hall–Kier alpha value is -3.13. The number of benzene rings is 1. The maximum atomic E-state index is 14.7. The number of aromatic nitrogens is 2. The number of nitrogens with one attached hydrogen (secondary N) is 3. The number of halogens is 2. The topological polar surface area (TPSA) is 143 Å². The van der Waals surface area contributed by atoms with Gasteiger partial charge in [-0.2, -0.15) is 0 Å². The van der Waals surface area contributed by atoms with Crippen molar-refractivity contribution in [2.24, 2.45) is 17.4 Å². The van der Waals surface area contributed by atoms with Crippen LogP contribution >= 0.6 is 32.5 Å². The monoisotopic (exact) mass is 754 g/mol. The van der Waals surface area contributed by atoms with Crippen LogP contribution in [-0.4, -0.2) is 88.6 Å². The third-order valence-corrected chi connectivity index (χ3v) is 10.4. The molecule has 1 unspecified atom stereocenters. The molecule has 7 N–H and O–H groups in total. The molecule has 14 heteroatoms. The summed E-state index contributed by atoms with van der Waals surface area (Å²) in [4.78, 5) is 23.9. The molecule has 0 spiro atoms. The van der Waals surface area contributed by atoms with Crippen molar-refractivity contribution >= 4 is 55.8 Å². The molecular formula is C36H60ClFN8O2S2. The Morgan fingerprint density at radius 3 is 2.34 bits per heavy atom. The van der Waals surface area contributed by atoms with E-state index >= 15 is 0 Å². The van der Waals surface area contributed by atoms with Crippen molar-refractivity contribution in [3.05, 3.63) is 76.3 Å². The van der Waals surface area contributed by atoms with E-state index in [-0.39, 0.29) is 35.2 Å². The van der Waals surface area contributed by atoms with Gasteiger partial charge in [0.2, 0.25) is 5.91 Å². The molecule has 0 fully saturated rings. The van der Waals surface area contributed by atoms with Crippen LogP contribution in [0.1, 0.15) is 53.5 Å². The first-order valence-corrected chi connectivity index (χ1v) is 22.3. The lowest BCUT2D eigenvalue weighted by atomic mass is 10.1. The van der Waals surface area contributed by atoms with Gasteiger partial charge in [-0.25, -0.2) is 14.4 Å². The summed E-state index contributed by atoms with van der Waals surface area (Å²) in [6.07, 6.45) is 12.4. The van der Waals surface area contributed by atoms with Crippen molar-refractivity contribution in [2.75, 3.05) is 66.8 Å². The van der Waals surface area contributed by atoms with Crippen molar-refractivity contribution < 1.29 is 13.9 Å². The summed E-state index contributed by atoms with van der Waals surface area (Å²) in [5.41, 5.74) is 13.3. The Labute approximate surface area is 308 Å². The van der Waals surface area contributed by atoms with E-state index in [1.54, 1.807) is 12.1 Å². The van der Waals surface area contributed by atoms with E-state index in [1.807, 2.05) is 20.8 Å². The van der Waals surface area contributed by atoms with Crippen molar-refractivity contribution in [1.82, 2.24) is 20.2 Å². The summed E-state index contributed by atoms with van der Waals surface area (Å²) in [6, 6.07) is 5.86. The number of nitrogens with zero attached hydrogens (tertiary/aromatic N) is 3. The zero-order chi connectivity index (χ0) is 37.9. The van der Waals surface area contributed by atoms with Gasteiger partial charge in [-0.05, 0) is 95.2 Å². The van der Waals surface area contributed by atoms with Crippen LogP contribution in [-0.2, 0) is 9.53 Å². The fraction of sp³-hybridized carbons (Fsp3) is 0.528. The van der Waals surface area contributed by atoms with Crippen LogP contribution in [0.5, 0.6) is 0 Å². The van der Waals surface area contributed by atoms with E-state index in [4.69, 9.17) is 27.8 Å². The summed E-state index contributed by atoms with van der Waals surface area (Å²) in [7, 11) is -1.77. The van der Waals surface area contributed by atoms with Crippen molar-refractivity contribution in [2.45, 2.75) is 59.6 Å². The average molecular weight is 756 g/mol. The first-order chi connectivity index (χ1) is 23.0. The molecule has 0 aliphatic rings. The lowest BCUT2D eigenvalue weighted by Gasteiger charge is -2.47. The molecule has 2 aromatic rings. The Morgan fingerprint density at radius 2 is 1.74 bits per heavy atom. The van der Waals surface area contributed by atoms with E-state index in [0.29, 0.717) is 52.3 Å². The lowest BCUT2D eigenvalue weighted by molar-refractivity contribution is -0.116. The molecular weight excluding hydrogens is 695 g/mol. The Morgan fingerprint density at radius 1 is 1.10 bits per heavy atom. The maximum Gasteiger partial charge on any atom is 0.226 e. The van der Waals surface area contributed by atoms with E-state index in [9.17, 15) is 9.18 Å². The molecule has 1 atom stereocenters. The Kier molecular flexibility index (Phi) is 15.8. The zero-order valence-corrected chi connectivity index (χ0v) is 34.0. The highest BCUT2D eigenvalue weighted by Crippen LogP contribution is 2.55. The third-order valence-electron chi connectivity index (χ3n) is 6.89. The summed E-state index contributed by atoms with van der Waals surface area (Å²) < 4.78 is 20.5. The van der Waals surface area contributed by atoms with Crippen LogP contribution in [0.25, 0.3) is 5.70 Å². The molecule has 1 amide bonds. The number of hydrogen-bond acceptors (Lipinski definition) is 10. The first kappa shape index (κ1) is 43.0. The number of thioether (sulfide) groups is 1. The highest BCUT2D eigenvalue weighted by atomic mass is 35.5. The van der Waals surface area contributed by atoms with Gasteiger partial charge in [0.05, 0.1) is 10.7 Å². The van der Waals surface area contributed by atoms with Crippen LogP contribution in [0, 0.1) is 11.7 Å². The number of carbonyl (C=O) groups is 1. The second kappa shape index (κ2) is 18.4. The van der Waals surface area contributed by atoms with Crippen LogP contribution in [0.2, 0.25) is 5.02 Å². The van der Waals surface area contributed by atoms with E-state index in [1.165, 1.54) is 36.3 Å². The second-order valence-corrected chi connectivity index (χ2v) is 26.0. The first-order valence-electron chi connectivity index (χ1n) is 16.8. The number of anilines is 2.